The number of aromatic amines is 1. The molecule has 0 spiro atoms. The third-order valence-corrected chi connectivity index (χ3v) is 4.11. The van der Waals surface area contributed by atoms with Crippen molar-refractivity contribution in [2.24, 2.45) is 0 Å². The van der Waals surface area contributed by atoms with Gasteiger partial charge in [-0.3, -0.25) is 9.67 Å². The molecule has 106 valence electrons. The smallest absolute Gasteiger partial charge is 0.199 e. The summed E-state index contributed by atoms with van der Waals surface area (Å²) in [4.78, 5) is 0. The van der Waals surface area contributed by atoms with Crippen LogP contribution >= 0.6 is 34.8 Å². The molecule has 0 unspecified atom stereocenters. The quantitative estimate of drug-likeness (QED) is 0.521. The summed E-state index contributed by atoms with van der Waals surface area (Å²) >= 11 is 7.55. The number of halogens is 1. The van der Waals surface area contributed by atoms with E-state index in [1.54, 1.807) is 0 Å². The van der Waals surface area contributed by atoms with Crippen LogP contribution in [0.5, 0.6) is 5.75 Å². The van der Waals surface area contributed by atoms with Crippen LogP contribution in [0.4, 0.5) is 0 Å². The molecule has 0 radical (unpaired) electrons. The lowest BCUT2D eigenvalue weighted by atomic mass is 10.3. The lowest BCUT2D eigenvalue weighted by molar-refractivity contribution is 0.291. The van der Waals surface area contributed by atoms with E-state index in [4.69, 9.17) is 17.0 Å². The van der Waals surface area contributed by atoms with Crippen molar-refractivity contribution in [2.75, 3.05) is 0 Å². The summed E-state index contributed by atoms with van der Waals surface area (Å²) in [7, 11) is 0. The zero-order valence-electron chi connectivity index (χ0n) is 11.0. The van der Waals surface area contributed by atoms with Gasteiger partial charge in [0, 0.05) is 5.69 Å². The zero-order valence-corrected chi connectivity index (χ0v) is 14.0. The number of H-pyrrole nitrogens is 1. The van der Waals surface area contributed by atoms with E-state index in [9.17, 15) is 0 Å². The molecule has 3 rings (SSSR count). The third-order valence-electron chi connectivity index (χ3n) is 2.95. The SMILES string of the molecule is S=c1[nH]nc(COc2ccccc2I)n1-c1ccccc1. The van der Waals surface area contributed by atoms with Gasteiger partial charge in [-0.2, -0.15) is 5.10 Å². The van der Waals surface area contributed by atoms with Crippen molar-refractivity contribution in [3.8, 4) is 11.4 Å². The Morgan fingerprint density at radius 1 is 1.10 bits per heavy atom. The first-order valence-electron chi connectivity index (χ1n) is 6.35. The Kier molecular flexibility index (Phi) is 4.35. The van der Waals surface area contributed by atoms with Crippen LogP contribution < -0.4 is 4.74 Å². The van der Waals surface area contributed by atoms with E-state index in [0.717, 1.165) is 20.8 Å². The van der Waals surface area contributed by atoms with Crippen LogP contribution in [0.2, 0.25) is 0 Å². The summed E-state index contributed by atoms with van der Waals surface area (Å²) in [5, 5.41) is 7.08. The largest absolute Gasteiger partial charge is 0.484 e. The van der Waals surface area contributed by atoms with Gasteiger partial charge in [-0.1, -0.05) is 30.3 Å². The molecule has 0 atom stereocenters. The second-order valence-corrected chi connectivity index (χ2v) is 5.88. The fourth-order valence-corrected chi connectivity index (χ4v) is 2.77. The second kappa shape index (κ2) is 6.40. The lowest BCUT2D eigenvalue weighted by Gasteiger charge is -2.09. The highest BCUT2D eigenvalue weighted by Crippen LogP contribution is 2.21. The average Bonchev–Trinajstić information content (AvgIpc) is 2.88. The summed E-state index contributed by atoms with van der Waals surface area (Å²) in [5.41, 5.74) is 0.970. The summed E-state index contributed by atoms with van der Waals surface area (Å²) in [6, 6.07) is 17.8. The van der Waals surface area contributed by atoms with E-state index >= 15 is 0 Å². The Bertz CT molecular complexity index is 798. The molecule has 6 heteroatoms. The normalized spacial score (nSPS) is 10.5. The van der Waals surface area contributed by atoms with E-state index < -0.39 is 0 Å². The third kappa shape index (κ3) is 3.16. The molecule has 0 saturated heterocycles. The summed E-state index contributed by atoms with van der Waals surface area (Å²) in [6.45, 7) is 0.349. The predicted octanol–water partition coefficient (Wildman–Crippen LogP) is 4.11. The molecule has 3 aromatic rings. The first-order valence-corrected chi connectivity index (χ1v) is 7.83. The number of aromatic nitrogens is 3. The molecule has 0 fully saturated rings. The summed E-state index contributed by atoms with van der Waals surface area (Å²) in [5.74, 6) is 1.58. The minimum Gasteiger partial charge on any atom is -0.484 e. The van der Waals surface area contributed by atoms with Gasteiger partial charge in [0.2, 0.25) is 0 Å². The van der Waals surface area contributed by atoms with Crippen LogP contribution in [0.1, 0.15) is 5.82 Å². The molecular formula is C15H12IN3OS. The Morgan fingerprint density at radius 3 is 2.57 bits per heavy atom. The molecule has 0 amide bonds. The van der Waals surface area contributed by atoms with Crippen LogP contribution in [-0.4, -0.2) is 14.8 Å². The van der Waals surface area contributed by atoms with Gasteiger partial charge < -0.3 is 4.74 Å². The molecule has 1 N–H and O–H groups in total. The Balaban J connectivity index is 1.88. The molecule has 0 aliphatic rings. The average molecular weight is 409 g/mol. The lowest BCUT2D eigenvalue weighted by Crippen LogP contribution is -2.06. The zero-order chi connectivity index (χ0) is 14.7. The number of para-hydroxylation sites is 2. The number of ether oxygens (including phenoxy) is 1. The molecule has 1 aromatic heterocycles. The predicted molar refractivity (Wildman–Crippen MR) is 92.2 cm³/mol. The van der Waals surface area contributed by atoms with Crippen molar-refractivity contribution in [1.82, 2.24) is 14.8 Å². The van der Waals surface area contributed by atoms with Crippen molar-refractivity contribution >= 4 is 34.8 Å². The number of hydrogen-bond acceptors (Lipinski definition) is 3. The molecule has 1 heterocycles. The van der Waals surface area contributed by atoms with Gasteiger partial charge in [-0.25, -0.2) is 0 Å². The van der Waals surface area contributed by atoms with Crippen molar-refractivity contribution in [2.45, 2.75) is 6.61 Å². The van der Waals surface area contributed by atoms with Crippen LogP contribution in [-0.2, 0) is 6.61 Å². The van der Waals surface area contributed by atoms with Gasteiger partial charge in [0.25, 0.3) is 0 Å². The minimum atomic E-state index is 0.349. The fraction of sp³-hybridized carbons (Fsp3) is 0.0667. The van der Waals surface area contributed by atoms with Gasteiger partial charge >= 0.3 is 0 Å². The summed E-state index contributed by atoms with van der Waals surface area (Å²) < 4.78 is 9.34. The standard InChI is InChI=1S/C15H12IN3OS/c16-12-8-4-5-9-13(12)20-10-14-17-18-15(21)19(14)11-6-2-1-3-7-11/h1-9H,10H2,(H,18,21). The fourth-order valence-electron chi connectivity index (χ4n) is 1.97. The maximum Gasteiger partial charge on any atom is 0.199 e. The maximum atomic E-state index is 5.84. The Hall–Kier alpha value is -1.67. The monoisotopic (exact) mass is 409 g/mol. The van der Waals surface area contributed by atoms with E-state index in [1.807, 2.05) is 59.2 Å². The van der Waals surface area contributed by atoms with E-state index in [0.29, 0.717) is 11.4 Å². The van der Waals surface area contributed by atoms with Crippen LogP contribution in [0.15, 0.2) is 54.6 Å². The molecule has 0 aliphatic heterocycles. The maximum absolute atomic E-state index is 5.84. The van der Waals surface area contributed by atoms with Crippen molar-refractivity contribution in [3.63, 3.8) is 0 Å². The van der Waals surface area contributed by atoms with Gasteiger partial charge in [-0.05, 0) is 59.1 Å². The van der Waals surface area contributed by atoms with Gasteiger partial charge in [0.1, 0.15) is 12.4 Å². The summed E-state index contributed by atoms with van der Waals surface area (Å²) in [6.07, 6.45) is 0. The second-order valence-electron chi connectivity index (χ2n) is 4.34. The first-order chi connectivity index (χ1) is 10.3. The molecular weight excluding hydrogens is 397 g/mol. The van der Waals surface area contributed by atoms with Crippen molar-refractivity contribution < 1.29 is 4.74 Å². The van der Waals surface area contributed by atoms with Gasteiger partial charge in [0.05, 0.1) is 3.57 Å². The topological polar surface area (TPSA) is 42.8 Å². The van der Waals surface area contributed by atoms with Crippen molar-refractivity contribution in [3.05, 3.63) is 68.8 Å². The number of nitrogens with one attached hydrogen (secondary N) is 1. The first kappa shape index (κ1) is 14.3. The highest BCUT2D eigenvalue weighted by molar-refractivity contribution is 14.1. The Morgan fingerprint density at radius 2 is 1.81 bits per heavy atom. The van der Waals surface area contributed by atoms with E-state index in [1.165, 1.54) is 0 Å². The molecule has 0 aliphatic carbocycles. The van der Waals surface area contributed by atoms with E-state index in [2.05, 4.69) is 32.8 Å². The highest BCUT2D eigenvalue weighted by Gasteiger charge is 2.09. The van der Waals surface area contributed by atoms with Crippen LogP contribution in [0, 0.1) is 8.34 Å². The highest BCUT2D eigenvalue weighted by atomic mass is 127. The van der Waals surface area contributed by atoms with E-state index in [-0.39, 0.29) is 0 Å². The van der Waals surface area contributed by atoms with Crippen LogP contribution in [0.25, 0.3) is 5.69 Å². The molecule has 0 saturated carbocycles. The van der Waals surface area contributed by atoms with Crippen LogP contribution in [0.3, 0.4) is 0 Å². The number of benzene rings is 2. The molecule has 4 nitrogen and oxygen atoms in total. The molecule has 21 heavy (non-hydrogen) atoms. The van der Waals surface area contributed by atoms with Gasteiger partial charge in [-0.15, -0.1) is 0 Å². The number of rotatable bonds is 4. The molecule has 0 bridgehead atoms. The number of hydrogen-bond donors (Lipinski definition) is 1. The molecule has 2 aromatic carbocycles. The van der Waals surface area contributed by atoms with Gasteiger partial charge in [0.15, 0.2) is 10.6 Å². The van der Waals surface area contributed by atoms with Crippen molar-refractivity contribution in [1.29, 1.82) is 0 Å². The number of nitrogens with zero attached hydrogens (tertiary/aromatic N) is 2. The minimum absolute atomic E-state index is 0.349. The Labute approximate surface area is 140 Å².